The topological polar surface area (TPSA) is 34.9 Å². The van der Waals surface area contributed by atoms with Crippen LogP contribution < -0.4 is 5.56 Å². The fourth-order valence-electron chi connectivity index (χ4n) is 2.23. The van der Waals surface area contributed by atoms with E-state index in [2.05, 4.69) is 20.9 Å². The predicted octanol–water partition coefficient (Wildman–Crippen LogP) is 4.57. The first kappa shape index (κ1) is 14.8. The van der Waals surface area contributed by atoms with E-state index in [0.29, 0.717) is 23.3 Å². The molecule has 0 bridgehead atoms. The van der Waals surface area contributed by atoms with Gasteiger partial charge in [-0.1, -0.05) is 12.1 Å². The van der Waals surface area contributed by atoms with Gasteiger partial charge in [-0.3, -0.25) is 9.36 Å². The summed E-state index contributed by atoms with van der Waals surface area (Å²) < 4.78 is 2.68. The van der Waals surface area contributed by atoms with Crippen LogP contribution in [0.3, 0.4) is 0 Å². The Morgan fingerprint density at radius 3 is 2.86 bits per heavy atom. The maximum Gasteiger partial charge on any atom is 0.261 e. The van der Waals surface area contributed by atoms with Crippen LogP contribution in [0.15, 0.2) is 45.0 Å². The van der Waals surface area contributed by atoms with Crippen LogP contribution in [-0.4, -0.2) is 9.55 Å². The van der Waals surface area contributed by atoms with Crippen LogP contribution in [0.2, 0.25) is 0 Å². The molecule has 0 spiro atoms. The molecule has 0 fully saturated rings. The molecule has 0 aliphatic rings. The highest BCUT2D eigenvalue weighted by atomic mass is 79.9. The molecule has 0 saturated carbocycles. The molecule has 2 heterocycles. The lowest BCUT2D eigenvalue weighted by Crippen LogP contribution is -2.26. The van der Waals surface area contributed by atoms with Gasteiger partial charge in [0.05, 0.1) is 22.8 Å². The number of aromatic nitrogens is 2. The number of benzene rings is 1. The van der Waals surface area contributed by atoms with Gasteiger partial charge in [0.1, 0.15) is 5.82 Å². The average molecular weight is 384 g/mol. The second kappa shape index (κ2) is 5.91. The van der Waals surface area contributed by atoms with Crippen LogP contribution in [0.1, 0.15) is 23.0 Å². The van der Waals surface area contributed by atoms with Crippen LogP contribution in [-0.2, 0) is 6.54 Å². The Bertz CT molecular complexity index is 856. The van der Waals surface area contributed by atoms with Gasteiger partial charge in [0.2, 0.25) is 0 Å². The van der Waals surface area contributed by atoms with Crippen LogP contribution >= 0.6 is 38.9 Å². The second-order valence-electron chi connectivity index (χ2n) is 4.73. The summed E-state index contributed by atoms with van der Waals surface area (Å²) in [7, 11) is 0. The molecular weight excluding hydrogens is 372 g/mol. The zero-order valence-corrected chi connectivity index (χ0v) is 14.4. The zero-order valence-electron chi connectivity index (χ0n) is 11.2. The number of thiophene rings is 1. The minimum Gasteiger partial charge on any atom is -0.290 e. The molecule has 108 valence electrons. The monoisotopic (exact) mass is 382 g/mol. The minimum atomic E-state index is -0.328. The molecule has 6 heteroatoms. The highest BCUT2D eigenvalue weighted by Crippen LogP contribution is 2.23. The molecule has 1 unspecified atom stereocenters. The molecule has 0 N–H and O–H groups in total. The summed E-state index contributed by atoms with van der Waals surface area (Å²) in [6.07, 6.45) is 0. The van der Waals surface area contributed by atoms with Crippen molar-refractivity contribution in [2.24, 2.45) is 0 Å². The van der Waals surface area contributed by atoms with Gasteiger partial charge in [0.15, 0.2) is 0 Å². The Kier molecular flexibility index (Phi) is 4.15. The summed E-state index contributed by atoms with van der Waals surface area (Å²) >= 11 is 11.3. The Hall–Kier alpha value is -1.17. The molecular formula is C15H12BrClN2OS. The maximum absolute atomic E-state index is 12.7. The largest absolute Gasteiger partial charge is 0.290 e. The van der Waals surface area contributed by atoms with E-state index in [9.17, 15) is 4.79 Å². The molecule has 2 aromatic heterocycles. The fraction of sp³-hybridized carbons (Fsp3) is 0.200. The molecule has 1 atom stereocenters. The number of rotatable bonds is 3. The third-order valence-electron chi connectivity index (χ3n) is 3.18. The van der Waals surface area contributed by atoms with Crippen molar-refractivity contribution in [2.45, 2.75) is 18.8 Å². The third kappa shape index (κ3) is 2.91. The Morgan fingerprint density at radius 2 is 2.19 bits per heavy atom. The fourth-order valence-corrected chi connectivity index (χ4v) is 3.84. The van der Waals surface area contributed by atoms with E-state index in [4.69, 9.17) is 11.6 Å². The van der Waals surface area contributed by atoms with Crippen molar-refractivity contribution in [3.8, 4) is 0 Å². The SMILES string of the molecule is CC(Cl)c1nc2ccccc2c(=O)n1Cc1cc(Br)cs1. The van der Waals surface area contributed by atoms with Crippen LogP contribution in [0, 0.1) is 0 Å². The van der Waals surface area contributed by atoms with Gasteiger partial charge < -0.3 is 0 Å². The highest BCUT2D eigenvalue weighted by Gasteiger charge is 2.15. The quantitative estimate of drug-likeness (QED) is 0.621. The molecule has 0 aliphatic carbocycles. The molecule has 0 amide bonds. The van der Waals surface area contributed by atoms with Gasteiger partial charge in [-0.25, -0.2) is 4.98 Å². The van der Waals surface area contributed by atoms with E-state index < -0.39 is 0 Å². The van der Waals surface area contributed by atoms with E-state index in [0.717, 1.165) is 9.35 Å². The van der Waals surface area contributed by atoms with E-state index >= 15 is 0 Å². The average Bonchev–Trinajstić information content (AvgIpc) is 2.87. The summed E-state index contributed by atoms with van der Waals surface area (Å²) in [5.74, 6) is 0.602. The van der Waals surface area contributed by atoms with Gasteiger partial charge in [-0.15, -0.1) is 22.9 Å². The molecule has 21 heavy (non-hydrogen) atoms. The molecule has 0 aliphatic heterocycles. The molecule has 3 nitrogen and oxygen atoms in total. The van der Waals surface area contributed by atoms with Gasteiger partial charge in [-0.2, -0.15) is 0 Å². The van der Waals surface area contributed by atoms with Crippen molar-refractivity contribution >= 4 is 49.8 Å². The maximum atomic E-state index is 12.7. The molecule has 3 aromatic rings. The first-order valence-corrected chi connectivity index (χ1v) is 8.53. The third-order valence-corrected chi connectivity index (χ3v) is 5.06. The smallest absolute Gasteiger partial charge is 0.261 e. The number of para-hydroxylation sites is 1. The number of alkyl halides is 1. The first-order valence-electron chi connectivity index (χ1n) is 6.42. The minimum absolute atomic E-state index is 0.0485. The zero-order chi connectivity index (χ0) is 15.0. The van der Waals surface area contributed by atoms with E-state index in [1.165, 1.54) is 0 Å². The number of fused-ring (bicyclic) bond motifs is 1. The summed E-state index contributed by atoms with van der Waals surface area (Å²) in [5.41, 5.74) is 0.640. The van der Waals surface area contributed by atoms with Gasteiger partial charge in [0.25, 0.3) is 5.56 Å². The standard InChI is InChI=1S/C15H12BrClN2OS/c1-9(17)14-18-13-5-3-2-4-12(13)15(20)19(14)7-11-6-10(16)8-21-11/h2-6,8-9H,7H2,1H3. The molecule has 0 radical (unpaired) electrons. The summed E-state index contributed by atoms with van der Waals surface area (Å²) in [5, 5.41) is 2.29. The van der Waals surface area contributed by atoms with Gasteiger partial charge in [-0.05, 0) is 41.1 Å². The van der Waals surface area contributed by atoms with Crippen molar-refractivity contribution in [3.63, 3.8) is 0 Å². The van der Waals surface area contributed by atoms with Gasteiger partial charge in [0, 0.05) is 14.7 Å². The lowest BCUT2D eigenvalue weighted by molar-refractivity contribution is 0.684. The molecule has 0 saturated heterocycles. The van der Waals surface area contributed by atoms with E-state index in [1.54, 1.807) is 22.0 Å². The highest BCUT2D eigenvalue weighted by molar-refractivity contribution is 9.10. The van der Waals surface area contributed by atoms with Gasteiger partial charge >= 0.3 is 0 Å². The lowest BCUT2D eigenvalue weighted by atomic mass is 10.2. The van der Waals surface area contributed by atoms with Crippen LogP contribution in [0.4, 0.5) is 0 Å². The number of hydrogen-bond donors (Lipinski definition) is 0. The molecule has 3 rings (SSSR count). The number of nitrogens with zero attached hydrogens (tertiary/aromatic N) is 2. The van der Waals surface area contributed by atoms with Crippen LogP contribution in [0.5, 0.6) is 0 Å². The summed E-state index contributed by atoms with van der Waals surface area (Å²) in [6, 6.07) is 9.37. The lowest BCUT2D eigenvalue weighted by Gasteiger charge is -2.14. The number of hydrogen-bond acceptors (Lipinski definition) is 3. The number of halogens is 2. The molecule has 1 aromatic carbocycles. The van der Waals surface area contributed by atoms with Crippen LogP contribution in [0.25, 0.3) is 10.9 Å². The normalized spacial score (nSPS) is 12.7. The predicted molar refractivity (Wildman–Crippen MR) is 91.4 cm³/mol. The Labute approximate surface area is 139 Å². The first-order chi connectivity index (χ1) is 10.1. The Balaban J connectivity index is 2.21. The second-order valence-corrected chi connectivity index (χ2v) is 7.29. The van der Waals surface area contributed by atoms with Crippen molar-refractivity contribution in [3.05, 3.63) is 61.2 Å². The Morgan fingerprint density at radius 1 is 1.43 bits per heavy atom. The van der Waals surface area contributed by atoms with Crippen molar-refractivity contribution in [2.75, 3.05) is 0 Å². The van der Waals surface area contributed by atoms with Crippen molar-refractivity contribution < 1.29 is 0 Å². The van der Waals surface area contributed by atoms with Crippen molar-refractivity contribution in [1.29, 1.82) is 0 Å². The van der Waals surface area contributed by atoms with Crippen molar-refractivity contribution in [1.82, 2.24) is 9.55 Å². The van der Waals surface area contributed by atoms with E-state index in [1.807, 2.05) is 36.6 Å². The van der Waals surface area contributed by atoms with E-state index in [-0.39, 0.29) is 10.9 Å². The summed E-state index contributed by atoms with van der Waals surface area (Å²) in [6.45, 7) is 2.32. The summed E-state index contributed by atoms with van der Waals surface area (Å²) in [4.78, 5) is 18.4.